The van der Waals surface area contributed by atoms with E-state index in [2.05, 4.69) is 29.7 Å². The molecule has 1 fully saturated rings. The molecule has 0 unspecified atom stereocenters. The van der Waals surface area contributed by atoms with Crippen molar-refractivity contribution in [2.75, 3.05) is 49.6 Å². The molecule has 9 heteroatoms. The number of unbranched alkanes of at least 4 members (excludes halogenated alkanes) is 2. The van der Waals surface area contributed by atoms with Crippen molar-refractivity contribution >= 4 is 29.2 Å². The molecule has 2 aromatic carbocycles. The number of benzene rings is 2. The molecule has 0 atom stereocenters. The standard InChI is InChI=1S/C28H38N6O3/c1-4-5-8-13-29-26(35)19-32(25-12-11-24(16-21(25)2)34-15-14-30-28(34)37)20-27(36)31(3)33-17-22-9-6-7-10-23(22)18-33/h6-7,9-12,16H,4-5,8,13-15,17-20H2,1-3H3,(H,29,35)(H,30,37). The Bertz CT molecular complexity index is 1110. The van der Waals surface area contributed by atoms with Crippen molar-refractivity contribution in [2.45, 2.75) is 46.2 Å². The summed E-state index contributed by atoms with van der Waals surface area (Å²) < 4.78 is 0. The lowest BCUT2D eigenvalue weighted by Crippen LogP contribution is -2.48. The van der Waals surface area contributed by atoms with Gasteiger partial charge in [0.2, 0.25) is 5.91 Å². The lowest BCUT2D eigenvalue weighted by Gasteiger charge is -2.32. The van der Waals surface area contributed by atoms with Crippen LogP contribution < -0.4 is 20.4 Å². The highest BCUT2D eigenvalue weighted by Gasteiger charge is 2.27. The Kier molecular flexibility index (Phi) is 8.66. The number of aryl methyl sites for hydroxylation is 1. The molecule has 1 saturated heterocycles. The summed E-state index contributed by atoms with van der Waals surface area (Å²) >= 11 is 0. The second kappa shape index (κ2) is 12.1. The van der Waals surface area contributed by atoms with Gasteiger partial charge in [-0.25, -0.2) is 9.80 Å². The van der Waals surface area contributed by atoms with Crippen molar-refractivity contribution in [1.82, 2.24) is 20.7 Å². The first-order valence-corrected chi connectivity index (χ1v) is 13.1. The smallest absolute Gasteiger partial charge is 0.321 e. The van der Waals surface area contributed by atoms with Gasteiger partial charge >= 0.3 is 6.03 Å². The van der Waals surface area contributed by atoms with E-state index in [4.69, 9.17) is 0 Å². The molecular weight excluding hydrogens is 468 g/mol. The summed E-state index contributed by atoms with van der Waals surface area (Å²) in [7, 11) is 1.79. The average molecular weight is 507 g/mol. The fourth-order valence-corrected chi connectivity index (χ4v) is 4.89. The number of fused-ring (bicyclic) bond motifs is 1. The lowest BCUT2D eigenvalue weighted by atomic mass is 10.1. The van der Waals surface area contributed by atoms with Crippen LogP contribution >= 0.6 is 0 Å². The molecule has 0 saturated carbocycles. The molecule has 4 amide bonds. The normalized spacial score (nSPS) is 14.9. The maximum atomic E-state index is 13.4. The number of amides is 4. The molecule has 9 nitrogen and oxygen atoms in total. The van der Waals surface area contributed by atoms with Gasteiger partial charge in [-0.15, -0.1) is 0 Å². The molecule has 198 valence electrons. The number of carbonyl (C=O) groups excluding carboxylic acids is 3. The molecule has 2 aliphatic rings. The summed E-state index contributed by atoms with van der Waals surface area (Å²) in [6.07, 6.45) is 3.09. The predicted octanol–water partition coefficient (Wildman–Crippen LogP) is 3.03. The van der Waals surface area contributed by atoms with E-state index in [1.807, 2.05) is 47.2 Å². The molecule has 0 aromatic heterocycles. The Morgan fingerprint density at radius 1 is 1.05 bits per heavy atom. The predicted molar refractivity (Wildman–Crippen MR) is 145 cm³/mol. The van der Waals surface area contributed by atoms with Crippen LogP contribution in [-0.2, 0) is 22.7 Å². The number of urea groups is 1. The van der Waals surface area contributed by atoms with E-state index in [1.165, 1.54) is 11.1 Å². The number of carbonyl (C=O) groups is 3. The first-order valence-electron chi connectivity index (χ1n) is 13.1. The molecule has 4 rings (SSSR count). The maximum absolute atomic E-state index is 13.4. The highest BCUT2D eigenvalue weighted by Crippen LogP contribution is 2.28. The third-order valence-corrected chi connectivity index (χ3v) is 7.06. The number of nitrogens with zero attached hydrogens (tertiary/aromatic N) is 4. The van der Waals surface area contributed by atoms with E-state index >= 15 is 0 Å². The molecule has 0 aliphatic carbocycles. The summed E-state index contributed by atoms with van der Waals surface area (Å²) in [5, 5.41) is 9.51. The zero-order valence-electron chi connectivity index (χ0n) is 22.1. The average Bonchev–Trinajstić information content (AvgIpc) is 3.52. The second-order valence-electron chi connectivity index (χ2n) is 9.78. The molecule has 37 heavy (non-hydrogen) atoms. The Morgan fingerprint density at radius 3 is 2.41 bits per heavy atom. The molecule has 2 aromatic rings. The van der Waals surface area contributed by atoms with Crippen molar-refractivity contribution in [2.24, 2.45) is 0 Å². The molecule has 2 N–H and O–H groups in total. The third kappa shape index (κ3) is 6.40. The van der Waals surface area contributed by atoms with Crippen LogP contribution in [0.4, 0.5) is 16.2 Å². The van der Waals surface area contributed by atoms with Crippen molar-refractivity contribution in [1.29, 1.82) is 0 Å². The fourth-order valence-electron chi connectivity index (χ4n) is 4.89. The van der Waals surface area contributed by atoms with Crippen molar-refractivity contribution in [3.05, 3.63) is 59.2 Å². The fraction of sp³-hybridized carbons (Fsp3) is 0.464. The molecular formula is C28H38N6O3. The van der Waals surface area contributed by atoms with Crippen LogP contribution in [0.3, 0.4) is 0 Å². The molecule has 0 bridgehead atoms. The Balaban J connectivity index is 1.48. The summed E-state index contributed by atoms with van der Waals surface area (Å²) in [4.78, 5) is 41.9. The zero-order chi connectivity index (χ0) is 26.4. The summed E-state index contributed by atoms with van der Waals surface area (Å²) in [6.45, 7) is 7.44. The van der Waals surface area contributed by atoms with Gasteiger partial charge in [0, 0.05) is 51.1 Å². The Morgan fingerprint density at radius 2 is 1.78 bits per heavy atom. The number of hydrazine groups is 1. The van der Waals surface area contributed by atoms with Crippen LogP contribution in [0.1, 0.15) is 42.9 Å². The third-order valence-electron chi connectivity index (χ3n) is 7.06. The quantitative estimate of drug-likeness (QED) is 0.458. The van der Waals surface area contributed by atoms with Gasteiger partial charge in [-0.05, 0) is 48.2 Å². The number of hydrogen-bond acceptors (Lipinski definition) is 5. The van der Waals surface area contributed by atoms with Gasteiger partial charge in [0.15, 0.2) is 0 Å². The van der Waals surface area contributed by atoms with Gasteiger partial charge in [-0.2, -0.15) is 0 Å². The lowest BCUT2D eigenvalue weighted by molar-refractivity contribution is -0.145. The molecule has 2 aliphatic heterocycles. The van der Waals surface area contributed by atoms with Crippen molar-refractivity contribution < 1.29 is 14.4 Å². The van der Waals surface area contributed by atoms with E-state index in [9.17, 15) is 14.4 Å². The van der Waals surface area contributed by atoms with E-state index in [1.54, 1.807) is 17.0 Å². The van der Waals surface area contributed by atoms with E-state index in [0.717, 1.165) is 36.2 Å². The van der Waals surface area contributed by atoms with Gasteiger partial charge in [0.25, 0.3) is 5.91 Å². The van der Waals surface area contributed by atoms with E-state index in [-0.39, 0.29) is 30.9 Å². The van der Waals surface area contributed by atoms with Gasteiger partial charge < -0.3 is 15.5 Å². The Hall–Kier alpha value is -3.59. The van der Waals surface area contributed by atoms with Crippen LogP contribution in [0, 0.1) is 6.92 Å². The summed E-state index contributed by atoms with van der Waals surface area (Å²) in [5.74, 6) is -0.198. The van der Waals surface area contributed by atoms with E-state index in [0.29, 0.717) is 32.7 Å². The number of rotatable bonds is 11. The maximum Gasteiger partial charge on any atom is 0.321 e. The second-order valence-corrected chi connectivity index (χ2v) is 9.78. The number of likely N-dealkylation sites (N-methyl/N-ethyl adjacent to an activating group) is 1. The zero-order valence-corrected chi connectivity index (χ0v) is 22.1. The van der Waals surface area contributed by atoms with Crippen LogP contribution in [0.5, 0.6) is 0 Å². The van der Waals surface area contributed by atoms with Crippen molar-refractivity contribution in [3.63, 3.8) is 0 Å². The van der Waals surface area contributed by atoms with Crippen LogP contribution in [0.25, 0.3) is 0 Å². The molecule has 0 radical (unpaired) electrons. The largest absolute Gasteiger partial charge is 0.355 e. The van der Waals surface area contributed by atoms with Crippen LogP contribution in [0.2, 0.25) is 0 Å². The first-order chi connectivity index (χ1) is 17.9. The first kappa shape index (κ1) is 26.5. The minimum atomic E-state index is -0.112. The monoisotopic (exact) mass is 506 g/mol. The van der Waals surface area contributed by atoms with Crippen LogP contribution in [-0.4, -0.2) is 67.6 Å². The van der Waals surface area contributed by atoms with Gasteiger partial charge in [-0.1, -0.05) is 44.0 Å². The highest BCUT2D eigenvalue weighted by molar-refractivity contribution is 5.94. The summed E-state index contributed by atoms with van der Waals surface area (Å²) in [6, 6.07) is 13.8. The topological polar surface area (TPSA) is 88.2 Å². The molecule has 2 heterocycles. The van der Waals surface area contributed by atoms with Gasteiger partial charge in [0.1, 0.15) is 0 Å². The minimum absolute atomic E-state index is 0.0656. The highest BCUT2D eigenvalue weighted by atomic mass is 16.2. The number of hydrogen-bond donors (Lipinski definition) is 2. The number of nitrogens with one attached hydrogen (secondary N) is 2. The summed E-state index contributed by atoms with van der Waals surface area (Å²) in [5.41, 5.74) is 4.96. The van der Waals surface area contributed by atoms with Crippen LogP contribution in [0.15, 0.2) is 42.5 Å². The Labute approximate surface area is 219 Å². The number of anilines is 2. The van der Waals surface area contributed by atoms with Gasteiger partial charge in [0.05, 0.1) is 13.1 Å². The van der Waals surface area contributed by atoms with Gasteiger partial charge in [-0.3, -0.25) is 19.5 Å². The van der Waals surface area contributed by atoms with E-state index < -0.39 is 0 Å². The SMILES string of the molecule is CCCCCNC(=O)CN(CC(=O)N(C)N1Cc2ccccc2C1)c1ccc(N2CCNC2=O)cc1C. The molecule has 0 spiro atoms. The minimum Gasteiger partial charge on any atom is -0.355 e. The van der Waals surface area contributed by atoms with Crippen molar-refractivity contribution in [3.8, 4) is 0 Å².